The van der Waals surface area contributed by atoms with Crippen LogP contribution in [0.3, 0.4) is 0 Å². The number of methoxy groups -OCH3 is 1. The number of pyridine rings is 2. The molecule has 0 saturated heterocycles. The Morgan fingerprint density at radius 2 is 1.78 bits per heavy atom. The van der Waals surface area contributed by atoms with E-state index < -0.39 is 5.97 Å². The Morgan fingerprint density at radius 3 is 2.59 bits per heavy atom. The van der Waals surface area contributed by atoms with E-state index in [-0.39, 0.29) is 42.4 Å². The molecule has 5 rings (SSSR count). The monoisotopic (exact) mass is 497 g/mol. The summed E-state index contributed by atoms with van der Waals surface area (Å²) < 4.78 is 12.5. The first-order valence-electron chi connectivity index (χ1n) is 12.2. The fourth-order valence-electron chi connectivity index (χ4n) is 4.79. The molecule has 1 aliphatic heterocycles. The van der Waals surface area contributed by atoms with E-state index >= 15 is 0 Å². The Labute approximate surface area is 214 Å². The van der Waals surface area contributed by atoms with E-state index in [1.165, 1.54) is 13.2 Å². The fraction of sp³-hybridized carbons (Fsp3) is 0.241. The topological polar surface area (TPSA) is 90.7 Å². The van der Waals surface area contributed by atoms with Gasteiger partial charge in [0.1, 0.15) is 17.9 Å². The molecule has 1 amide bonds. The lowest BCUT2D eigenvalue weighted by molar-refractivity contribution is -0.130. The highest BCUT2D eigenvalue weighted by Crippen LogP contribution is 2.25. The molecular weight excluding hydrogens is 470 g/mol. The van der Waals surface area contributed by atoms with Crippen molar-refractivity contribution in [2.75, 3.05) is 20.2 Å². The number of hydrogen-bond donors (Lipinski definition) is 0. The largest absolute Gasteiger partial charge is 0.486 e. The van der Waals surface area contributed by atoms with Gasteiger partial charge >= 0.3 is 5.97 Å². The average Bonchev–Trinajstić information content (AvgIpc) is 3.16. The zero-order chi connectivity index (χ0) is 25.8. The Hall–Kier alpha value is -4.46. The molecule has 0 unspecified atom stereocenters. The maximum absolute atomic E-state index is 13.3. The summed E-state index contributed by atoms with van der Waals surface area (Å²) in [6.07, 6.45) is 2.23. The number of aromatic nitrogens is 2. The van der Waals surface area contributed by atoms with Gasteiger partial charge in [-0.25, -0.2) is 4.79 Å². The first-order chi connectivity index (χ1) is 18.0. The van der Waals surface area contributed by atoms with Gasteiger partial charge in [-0.1, -0.05) is 48.5 Å². The predicted octanol–water partition coefficient (Wildman–Crippen LogP) is 3.39. The number of nitrogens with zero attached hydrogens (tertiary/aromatic N) is 3. The SMILES string of the molecule is COC(=O)c1c(OCc2ccccn2)cc(=O)n2c1CCN(C(=O)Cc1cccc3ccccc13)CC2. The van der Waals surface area contributed by atoms with Crippen molar-refractivity contribution in [3.8, 4) is 5.75 Å². The molecule has 1 aliphatic rings. The first kappa shape index (κ1) is 24.2. The smallest absolute Gasteiger partial charge is 0.343 e. The summed E-state index contributed by atoms with van der Waals surface area (Å²) in [5.41, 5.74) is 2.06. The second-order valence-electron chi connectivity index (χ2n) is 8.87. The summed E-state index contributed by atoms with van der Waals surface area (Å²) in [5.74, 6) is -0.456. The molecule has 0 atom stereocenters. The number of benzene rings is 2. The van der Waals surface area contributed by atoms with Gasteiger partial charge in [-0.2, -0.15) is 0 Å². The molecule has 4 aromatic rings. The van der Waals surface area contributed by atoms with E-state index in [1.807, 2.05) is 48.5 Å². The number of fused-ring (bicyclic) bond motifs is 2. The molecule has 0 radical (unpaired) electrons. The van der Waals surface area contributed by atoms with Gasteiger partial charge in [0.15, 0.2) is 0 Å². The minimum atomic E-state index is -0.588. The van der Waals surface area contributed by atoms with Gasteiger partial charge in [-0.15, -0.1) is 0 Å². The number of carbonyl (C=O) groups is 2. The van der Waals surface area contributed by atoms with Gasteiger partial charge in [0.05, 0.1) is 19.2 Å². The number of esters is 1. The van der Waals surface area contributed by atoms with Crippen molar-refractivity contribution in [2.24, 2.45) is 0 Å². The second kappa shape index (κ2) is 10.7. The summed E-state index contributed by atoms with van der Waals surface area (Å²) in [6, 6.07) is 20.7. The lowest BCUT2D eigenvalue weighted by atomic mass is 10.0. The first-order valence-corrected chi connectivity index (χ1v) is 12.2. The quantitative estimate of drug-likeness (QED) is 0.380. The molecule has 0 N–H and O–H groups in total. The van der Waals surface area contributed by atoms with E-state index in [1.54, 1.807) is 27.8 Å². The molecular formula is C29H27N3O5. The Balaban J connectivity index is 1.39. The minimum Gasteiger partial charge on any atom is -0.486 e. The average molecular weight is 498 g/mol. The summed E-state index contributed by atoms with van der Waals surface area (Å²) in [5, 5.41) is 2.14. The molecule has 2 aromatic heterocycles. The summed E-state index contributed by atoms with van der Waals surface area (Å²) in [6.45, 7) is 1.12. The number of hydrogen-bond acceptors (Lipinski definition) is 6. The van der Waals surface area contributed by atoms with Crippen LogP contribution in [0.2, 0.25) is 0 Å². The molecule has 37 heavy (non-hydrogen) atoms. The van der Waals surface area contributed by atoms with Crippen molar-refractivity contribution in [1.82, 2.24) is 14.5 Å². The van der Waals surface area contributed by atoms with Crippen LogP contribution in [-0.4, -0.2) is 46.5 Å². The van der Waals surface area contributed by atoms with E-state index in [4.69, 9.17) is 9.47 Å². The summed E-state index contributed by atoms with van der Waals surface area (Å²) in [4.78, 5) is 45.1. The predicted molar refractivity (Wildman–Crippen MR) is 139 cm³/mol. The number of rotatable bonds is 6. The second-order valence-corrected chi connectivity index (χ2v) is 8.87. The van der Waals surface area contributed by atoms with Crippen LogP contribution in [0.4, 0.5) is 0 Å². The Kier molecular flexibility index (Phi) is 6.98. The summed E-state index contributed by atoms with van der Waals surface area (Å²) in [7, 11) is 1.30. The molecule has 2 aromatic carbocycles. The van der Waals surface area contributed by atoms with E-state index in [9.17, 15) is 14.4 Å². The van der Waals surface area contributed by atoms with Gasteiger partial charge < -0.3 is 18.9 Å². The molecule has 0 fully saturated rings. The number of amides is 1. The third kappa shape index (κ3) is 5.09. The van der Waals surface area contributed by atoms with Crippen LogP contribution < -0.4 is 10.3 Å². The standard InChI is InChI=1S/C29H27N3O5/c1-36-29(35)28-24-12-14-31(26(33)17-21-9-6-8-20-7-2-3-11-23(20)21)15-16-32(24)27(34)18-25(28)37-19-22-10-4-5-13-30-22/h2-11,13,18H,12,14-17,19H2,1H3. The van der Waals surface area contributed by atoms with E-state index in [0.717, 1.165) is 16.3 Å². The molecule has 8 heteroatoms. The van der Waals surface area contributed by atoms with Gasteiger partial charge in [0, 0.05) is 44.0 Å². The highest BCUT2D eigenvalue weighted by Gasteiger charge is 2.27. The van der Waals surface area contributed by atoms with E-state index in [0.29, 0.717) is 30.9 Å². The van der Waals surface area contributed by atoms with Crippen LogP contribution in [0, 0.1) is 0 Å². The van der Waals surface area contributed by atoms with Crippen molar-refractivity contribution in [3.63, 3.8) is 0 Å². The minimum absolute atomic E-state index is 0.0246. The third-order valence-electron chi connectivity index (χ3n) is 6.66. The highest BCUT2D eigenvalue weighted by atomic mass is 16.5. The molecule has 0 saturated carbocycles. The van der Waals surface area contributed by atoms with Crippen LogP contribution in [0.15, 0.2) is 77.7 Å². The normalized spacial score (nSPS) is 13.1. The molecule has 8 nitrogen and oxygen atoms in total. The molecule has 188 valence electrons. The molecule has 0 spiro atoms. The molecule has 0 bridgehead atoms. The maximum Gasteiger partial charge on any atom is 0.343 e. The van der Waals surface area contributed by atoms with Crippen molar-refractivity contribution in [1.29, 1.82) is 0 Å². The van der Waals surface area contributed by atoms with Crippen LogP contribution in [0.5, 0.6) is 5.75 Å². The van der Waals surface area contributed by atoms with Gasteiger partial charge in [-0.3, -0.25) is 14.6 Å². The van der Waals surface area contributed by atoms with Crippen molar-refractivity contribution < 1.29 is 19.1 Å². The lowest BCUT2D eigenvalue weighted by Gasteiger charge is -2.20. The Bertz CT molecular complexity index is 1510. The summed E-state index contributed by atoms with van der Waals surface area (Å²) >= 11 is 0. The zero-order valence-electron chi connectivity index (χ0n) is 20.6. The van der Waals surface area contributed by atoms with Crippen LogP contribution in [0.25, 0.3) is 10.8 Å². The van der Waals surface area contributed by atoms with Gasteiger partial charge in [0.2, 0.25) is 5.91 Å². The number of carbonyl (C=O) groups excluding carboxylic acids is 2. The van der Waals surface area contributed by atoms with Crippen LogP contribution in [-0.2, 0) is 35.5 Å². The molecule has 3 heterocycles. The highest BCUT2D eigenvalue weighted by molar-refractivity contribution is 5.94. The van der Waals surface area contributed by atoms with Gasteiger partial charge in [-0.05, 0) is 28.5 Å². The third-order valence-corrected chi connectivity index (χ3v) is 6.66. The Morgan fingerprint density at radius 1 is 0.973 bits per heavy atom. The van der Waals surface area contributed by atoms with Crippen molar-refractivity contribution in [3.05, 3.63) is 106 Å². The fourth-order valence-corrected chi connectivity index (χ4v) is 4.79. The lowest BCUT2D eigenvalue weighted by Crippen LogP contribution is -2.35. The van der Waals surface area contributed by atoms with Crippen LogP contribution in [0.1, 0.15) is 27.3 Å². The van der Waals surface area contributed by atoms with Crippen LogP contribution >= 0.6 is 0 Å². The maximum atomic E-state index is 13.3. The number of ether oxygens (including phenoxy) is 2. The zero-order valence-corrected chi connectivity index (χ0v) is 20.6. The van der Waals surface area contributed by atoms with Crippen molar-refractivity contribution in [2.45, 2.75) is 26.0 Å². The molecule has 0 aliphatic carbocycles. The van der Waals surface area contributed by atoms with E-state index in [2.05, 4.69) is 4.98 Å². The van der Waals surface area contributed by atoms with Gasteiger partial charge in [0.25, 0.3) is 5.56 Å². The van der Waals surface area contributed by atoms with Crippen molar-refractivity contribution >= 4 is 22.6 Å².